The van der Waals surface area contributed by atoms with Crippen molar-refractivity contribution >= 4 is 31.5 Å². The van der Waals surface area contributed by atoms with Gasteiger partial charge in [-0.25, -0.2) is 9.97 Å². The van der Waals surface area contributed by atoms with Crippen molar-refractivity contribution in [3.05, 3.63) is 206 Å². The number of aromatic nitrogens is 2. The van der Waals surface area contributed by atoms with Crippen LogP contribution in [0.3, 0.4) is 0 Å². The molecule has 2 aromatic heterocycles. The standard InChI is InChI=1S/C52H34N2S/c1-4-15-35(16-5-1)36-27-29-37(30-28-36)40-31-41(44-24-14-25-47-46-23-12-13-26-50(46)55-51(44)47)33-42(32-40)48-34-49(54-52(53-48)39-19-8-3-9-20-39)45-22-11-10-21-43(45)38-17-6-2-7-18-38/h1-34H. The maximum atomic E-state index is 5.31. The summed E-state index contributed by atoms with van der Waals surface area (Å²) in [6.07, 6.45) is 0. The molecule has 0 fully saturated rings. The normalized spacial score (nSPS) is 11.3. The quantitative estimate of drug-likeness (QED) is 0.164. The Kier molecular flexibility index (Phi) is 8.40. The van der Waals surface area contributed by atoms with E-state index in [2.05, 4.69) is 188 Å². The number of nitrogens with zero attached hydrogens (tertiary/aromatic N) is 2. The third kappa shape index (κ3) is 6.31. The van der Waals surface area contributed by atoms with Crippen LogP contribution in [0, 0.1) is 0 Å². The molecule has 0 unspecified atom stereocenters. The minimum atomic E-state index is 0.696. The molecule has 3 heteroatoms. The Morgan fingerprint density at radius 1 is 0.291 bits per heavy atom. The third-order valence-corrected chi connectivity index (χ3v) is 11.5. The van der Waals surface area contributed by atoms with E-state index in [1.807, 2.05) is 29.5 Å². The van der Waals surface area contributed by atoms with Gasteiger partial charge in [0.15, 0.2) is 5.82 Å². The SMILES string of the molecule is c1ccc(-c2ccc(-c3cc(-c4cc(-c5ccccc5-c5ccccc5)nc(-c5ccccc5)n4)cc(-c4cccc5c4sc4ccccc45)c3)cc2)cc1. The van der Waals surface area contributed by atoms with Gasteiger partial charge in [-0.05, 0) is 74.8 Å². The molecule has 0 saturated carbocycles. The van der Waals surface area contributed by atoms with Gasteiger partial charge in [0.1, 0.15) is 0 Å². The zero-order chi connectivity index (χ0) is 36.6. The summed E-state index contributed by atoms with van der Waals surface area (Å²) in [5.41, 5.74) is 14.2. The monoisotopic (exact) mass is 718 g/mol. The highest BCUT2D eigenvalue weighted by molar-refractivity contribution is 7.26. The van der Waals surface area contributed by atoms with Gasteiger partial charge in [0.05, 0.1) is 11.4 Å². The number of hydrogen-bond donors (Lipinski definition) is 0. The Morgan fingerprint density at radius 3 is 1.55 bits per heavy atom. The highest BCUT2D eigenvalue weighted by atomic mass is 32.1. The number of benzene rings is 8. The van der Waals surface area contributed by atoms with E-state index in [1.165, 1.54) is 36.9 Å². The predicted octanol–water partition coefficient (Wildman–Crippen LogP) is 14.5. The minimum Gasteiger partial charge on any atom is -0.228 e. The van der Waals surface area contributed by atoms with E-state index in [9.17, 15) is 0 Å². The number of rotatable bonds is 7. The van der Waals surface area contributed by atoms with Crippen LogP contribution in [0.1, 0.15) is 0 Å². The molecule has 0 atom stereocenters. The Balaban J connectivity index is 1.20. The maximum absolute atomic E-state index is 5.31. The summed E-state index contributed by atoms with van der Waals surface area (Å²) in [5.74, 6) is 0.696. The van der Waals surface area contributed by atoms with Crippen LogP contribution in [0.15, 0.2) is 206 Å². The second-order valence-corrected chi connectivity index (χ2v) is 14.8. The lowest BCUT2D eigenvalue weighted by Crippen LogP contribution is -1.97. The Labute approximate surface area is 324 Å². The van der Waals surface area contributed by atoms with Crippen LogP contribution in [0.4, 0.5) is 0 Å². The Hall–Kier alpha value is -6.94. The summed E-state index contributed by atoms with van der Waals surface area (Å²) in [7, 11) is 0. The van der Waals surface area contributed by atoms with Gasteiger partial charge in [-0.3, -0.25) is 0 Å². The van der Waals surface area contributed by atoms with Gasteiger partial charge in [0.2, 0.25) is 0 Å². The number of hydrogen-bond acceptors (Lipinski definition) is 3. The molecule has 10 aromatic rings. The van der Waals surface area contributed by atoms with Crippen LogP contribution in [-0.2, 0) is 0 Å². The largest absolute Gasteiger partial charge is 0.228 e. The van der Waals surface area contributed by atoms with Crippen LogP contribution in [0.5, 0.6) is 0 Å². The van der Waals surface area contributed by atoms with Crippen molar-refractivity contribution in [2.75, 3.05) is 0 Å². The first kappa shape index (κ1) is 32.7. The van der Waals surface area contributed by atoms with Gasteiger partial charge in [-0.2, -0.15) is 0 Å². The van der Waals surface area contributed by atoms with E-state index < -0.39 is 0 Å². The molecule has 2 heterocycles. The zero-order valence-electron chi connectivity index (χ0n) is 29.9. The first-order chi connectivity index (χ1) is 27.2. The molecule has 0 radical (unpaired) electrons. The van der Waals surface area contributed by atoms with Crippen LogP contribution >= 0.6 is 11.3 Å². The van der Waals surface area contributed by atoms with Crippen molar-refractivity contribution in [3.8, 4) is 78.4 Å². The van der Waals surface area contributed by atoms with E-state index in [-0.39, 0.29) is 0 Å². The summed E-state index contributed by atoms with van der Waals surface area (Å²) in [4.78, 5) is 10.6. The van der Waals surface area contributed by atoms with Crippen molar-refractivity contribution in [3.63, 3.8) is 0 Å². The van der Waals surface area contributed by atoms with E-state index >= 15 is 0 Å². The van der Waals surface area contributed by atoms with E-state index in [0.29, 0.717) is 5.82 Å². The summed E-state index contributed by atoms with van der Waals surface area (Å²) >= 11 is 1.86. The third-order valence-electron chi connectivity index (χ3n) is 10.3. The second-order valence-electron chi connectivity index (χ2n) is 13.8. The topological polar surface area (TPSA) is 25.8 Å². The lowest BCUT2D eigenvalue weighted by atomic mass is 9.92. The molecule has 2 nitrogen and oxygen atoms in total. The molecular formula is C52H34N2S. The smallest absolute Gasteiger partial charge is 0.160 e. The predicted molar refractivity (Wildman–Crippen MR) is 233 cm³/mol. The van der Waals surface area contributed by atoms with Gasteiger partial charge >= 0.3 is 0 Å². The van der Waals surface area contributed by atoms with Crippen molar-refractivity contribution < 1.29 is 0 Å². The molecule has 0 bridgehead atoms. The highest BCUT2D eigenvalue weighted by Crippen LogP contribution is 2.43. The molecule has 0 amide bonds. The lowest BCUT2D eigenvalue weighted by molar-refractivity contribution is 1.18. The zero-order valence-corrected chi connectivity index (χ0v) is 30.7. The maximum Gasteiger partial charge on any atom is 0.160 e. The van der Waals surface area contributed by atoms with Gasteiger partial charge in [-0.1, -0.05) is 176 Å². The Bertz CT molecular complexity index is 2950. The van der Waals surface area contributed by atoms with Gasteiger partial charge < -0.3 is 0 Å². The van der Waals surface area contributed by atoms with E-state index in [4.69, 9.17) is 9.97 Å². The van der Waals surface area contributed by atoms with Crippen molar-refractivity contribution in [2.24, 2.45) is 0 Å². The van der Waals surface area contributed by atoms with E-state index in [1.54, 1.807) is 0 Å². The lowest BCUT2D eigenvalue weighted by Gasteiger charge is -2.15. The molecule has 0 aliphatic rings. The molecule has 0 aliphatic carbocycles. The minimum absolute atomic E-state index is 0.696. The fourth-order valence-corrected chi connectivity index (χ4v) is 8.82. The van der Waals surface area contributed by atoms with Gasteiger partial charge in [0, 0.05) is 36.9 Å². The number of thiophene rings is 1. The van der Waals surface area contributed by atoms with Crippen molar-refractivity contribution in [1.29, 1.82) is 0 Å². The molecule has 8 aromatic carbocycles. The van der Waals surface area contributed by atoms with Gasteiger partial charge in [-0.15, -0.1) is 11.3 Å². The van der Waals surface area contributed by atoms with Crippen molar-refractivity contribution in [1.82, 2.24) is 9.97 Å². The number of fused-ring (bicyclic) bond motifs is 3. The second kappa shape index (κ2) is 14.1. The van der Waals surface area contributed by atoms with E-state index in [0.717, 1.165) is 55.9 Å². The highest BCUT2D eigenvalue weighted by Gasteiger charge is 2.17. The fourth-order valence-electron chi connectivity index (χ4n) is 7.58. The molecule has 0 aliphatic heterocycles. The molecule has 0 N–H and O–H groups in total. The average molecular weight is 719 g/mol. The van der Waals surface area contributed by atoms with Crippen LogP contribution in [0.2, 0.25) is 0 Å². The van der Waals surface area contributed by atoms with Crippen molar-refractivity contribution in [2.45, 2.75) is 0 Å². The molecular weight excluding hydrogens is 685 g/mol. The summed E-state index contributed by atoms with van der Waals surface area (Å²) < 4.78 is 2.58. The Morgan fingerprint density at radius 2 is 0.800 bits per heavy atom. The molecule has 258 valence electrons. The summed E-state index contributed by atoms with van der Waals surface area (Å²) in [6, 6.07) is 73.4. The fraction of sp³-hybridized carbons (Fsp3) is 0. The summed E-state index contributed by atoms with van der Waals surface area (Å²) in [5, 5.41) is 2.58. The van der Waals surface area contributed by atoms with Gasteiger partial charge in [0.25, 0.3) is 0 Å². The molecule has 10 rings (SSSR count). The molecule has 0 saturated heterocycles. The first-order valence-electron chi connectivity index (χ1n) is 18.6. The average Bonchev–Trinajstić information content (AvgIpc) is 3.66. The molecule has 0 spiro atoms. The summed E-state index contributed by atoms with van der Waals surface area (Å²) in [6.45, 7) is 0. The first-order valence-corrected chi connectivity index (χ1v) is 19.4. The van der Waals surface area contributed by atoms with Crippen LogP contribution in [0.25, 0.3) is 98.6 Å². The molecule has 55 heavy (non-hydrogen) atoms. The van der Waals surface area contributed by atoms with Crippen LogP contribution < -0.4 is 0 Å². The van der Waals surface area contributed by atoms with Crippen LogP contribution in [-0.4, -0.2) is 9.97 Å².